The van der Waals surface area contributed by atoms with Gasteiger partial charge in [0.2, 0.25) is 0 Å². The minimum absolute atomic E-state index is 0.150. The third-order valence-corrected chi connectivity index (χ3v) is 5.06. The number of nitro groups is 1. The van der Waals surface area contributed by atoms with E-state index in [1.807, 2.05) is 19.9 Å². The molecule has 1 amide bonds. The van der Waals surface area contributed by atoms with Gasteiger partial charge in [-0.15, -0.1) is 0 Å². The van der Waals surface area contributed by atoms with E-state index in [4.69, 9.17) is 0 Å². The van der Waals surface area contributed by atoms with E-state index in [0.29, 0.717) is 24.3 Å². The van der Waals surface area contributed by atoms with Crippen LogP contribution in [0.1, 0.15) is 24.2 Å². The Morgan fingerprint density at radius 1 is 1.10 bits per heavy atom. The second kappa shape index (κ2) is 7.78. The van der Waals surface area contributed by atoms with Gasteiger partial charge in [0.25, 0.3) is 11.6 Å². The molecular formula is C20H23N5O4. The maximum atomic E-state index is 12.8. The number of imidazole rings is 1. The molecule has 1 heterocycles. The lowest BCUT2D eigenvalue weighted by atomic mass is 10.1. The van der Waals surface area contributed by atoms with Gasteiger partial charge in [-0.1, -0.05) is 6.07 Å². The van der Waals surface area contributed by atoms with E-state index < -0.39 is 10.8 Å². The average molecular weight is 397 g/mol. The summed E-state index contributed by atoms with van der Waals surface area (Å²) in [6.45, 7) is 5.43. The molecule has 9 nitrogen and oxygen atoms in total. The molecule has 0 radical (unpaired) electrons. The van der Waals surface area contributed by atoms with E-state index in [1.54, 1.807) is 24.7 Å². The molecule has 0 atom stereocenters. The summed E-state index contributed by atoms with van der Waals surface area (Å²) in [7, 11) is 3.38. The molecular weight excluding hydrogens is 374 g/mol. The van der Waals surface area contributed by atoms with Gasteiger partial charge in [0.1, 0.15) is 0 Å². The summed E-state index contributed by atoms with van der Waals surface area (Å²) >= 11 is 0. The van der Waals surface area contributed by atoms with Crippen LogP contribution in [0, 0.1) is 10.1 Å². The fourth-order valence-electron chi connectivity index (χ4n) is 3.42. The lowest BCUT2D eigenvalue weighted by Gasteiger charge is -2.24. The minimum Gasteiger partial charge on any atom is -0.370 e. The van der Waals surface area contributed by atoms with E-state index >= 15 is 0 Å². The van der Waals surface area contributed by atoms with Crippen LogP contribution >= 0.6 is 0 Å². The monoisotopic (exact) mass is 397 g/mol. The molecule has 29 heavy (non-hydrogen) atoms. The Bertz CT molecular complexity index is 1160. The summed E-state index contributed by atoms with van der Waals surface area (Å²) in [5, 5.41) is 13.9. The van der Waals surface area contributed by atoms with Gasteiger partial charge < -0.3 is 10.2 Å². The normalized spacial score (nSPS) is 10.9. The van der Waals surface area contributed by atoms with Crippen LogP contribution in [-0.2, 0) is 14.1 Å². The molecule has 2 aromatic carbocycles. The predicted molar refractivity (Wildman–Crippen MR) is 113 cm³/mol. The zero-order chi connectivity index (χ0) is 21.3. The van der Waals surface area contributed by atoms with Gasteiger partial charge in [-0.25, -0.2) is 4.79 Å². The molecule has 0 unspecified atom stereocenters. The molecule has 0 bridgehead atoms. The number of nitrogens with one attached hydrogen (secondary N) is 1. The van der Waals surface area contributed by atoms with Crippen LogP contribution in [0.15, 0.2) is 41.2 Å². The van der Waals surface area contributed by atoms with Crippen molar-refractivity contribution in [2.24, 2.45) is 14.1 Å². The molecule has 9 heteroatoms. The van der Waals surface area contributed by atoms with Gasteiger partial charge in [-0.05, 0) is 32.0 Å². The van der Waals surface area contributed by atoms with Crippen molar-refractivity contribution in [2.45, 2.75) is 13.8 Å². The summed E-state index contributed by atoms with van der Waals surface area (Å²) in [5.41, 5.74) is 2.64. The van der Waals surface area contributed by atoms with Crippen molar-refractivity contribution in [3.8, 4) is 0 Å². The van der Waals surface area contributed by atoms with Crippen LogP contribution in [-0.4, -0.2) is 33.1 Å². The van der Waals surface area contributed by atoms with E-state index in [9.17, 15) is 19.7 Å². The van der Waals surface area contributed by atoms with Crippen LogP contribution in [0.3, 0.4) is 0 Å². The molecule has 0 spiro atoms. The van der Waals surface area contributed by atoms with Crippen LogP contribution in [0.4, 0.5) is 17.1 Å². The van der Waals surface area contributed by atoms with Gasteiger partial charge in [0, 0.05) is 44.9 Å². The van der Waals surface area contributed by atoms with Crippen LogP contribution in [0.25, 0.3) is 11.0 Å². The van der Waals surface area contributed by atoms with E-state index in [0.717, 1.165) is 11.2 Å². The topological polar surface area (TPSA) is 102 Å². The smallest absolute Gasteiger partial charge is 0.328 e. The van der Waals surface area contributed by atoms with Crippen molar-refractivity contribution in [1.82, 2.24) is 9.13 Å². The molecule has 0 fully saturated rings. The first-order chi connectivity index (χ1) is 13.8. The van der Waals surface area contributed by atoms with Crippen molar-refractivity contribution < 1.29 is 9.72 Å². The highest BCUT2D eigenvalue weighted by molar-refractivity contribution is 6.07. The Balaban J connectivity index is 2.11. The number of amides is 1. The van der Waals surface area contributed by atoms with Crippen molar-refractivity contribution in [3.05, 3.63) is 62.6 Å². The average Bonchev–Trinajstić information content (AvgIpc) is 2.92. The molecule has 152 valence electrons. The number of anilines is 2. The maximum Gasteiger partial charge on any atom is 0.328 e. The first-order valence-corrected chi connectivity index (χ1v) is 9.28. The number of hydrogen-bond donors (Lipinski definition) is 1. The Morgan fingerprint density at radius 3 is 2.31 bits per heavy atom. The van der Waals surface area contributed by atoms with Crippen molar-refractivity contribution in [3.63, 3.8) is 0 Å². The second-order valence-corrected chi connectivity index (χ2v) is 6.69. The summed E-state index contributed by atoms with van der Waals surface area (Å²) in [4.78, 5) is 37.7. The highest BCUT2D eigenvalue weighted by Gasteiger charge is 2.18. The van der Waals surface area contributed by atoms with Crippen molar-refractivity contribution >= 4 is 34.0 Å². The number of benzene rings is 2. The molecule has 0 saturated carbocycles. The zero-order valence-corrected chi connectivity index (χ0v) is 16.8. The fourth-order valence-corrected chi connectivity index (χ4v) is 3.42. The lowest BCUT2D eigenvalue weighted by Crippen LogP contribution is -2.24. The Kier molecular flexibility index (Phi) is 5.40. The van der Waals surface area contributed by atoms with E-state index in [-0.39, 0.29) is 16.9 Å². The summed E-state index contributed by atoms with van der Waals surface area (Å²) in [6, 6.07) is 9.22. The molecule has 3 rings (SSSR count). The Labute approximate surface area is 167 Å². The molecule has 0 aliphatic heterocycles. The number of carbonyl (C=O) groups excluding carboxylic acids is 1. The third kappa shape index (κ3) is 3.58. The largest absolute Gasteiger partial charge is 0.370 e. The van der Waals surface area contributed by atoms with Crippen molar-refractivity contribution in [1.29, 1.82) is 0 Å². The highest BCUT2D eigenvalue weighted by atomic mass is 16.6. The number of rotatable bonds is 6. The predicted octanol–water partition coefficient (Wildman–Crippen LogP) is 2.88. The minimum atomic E-state index is -0.538. The first-order valence-electron chi connectivity index (χ1n) is 9.28. The van der Waals surface area contributed by atoms with E-state index in [2.05, 4.69) is 10.2 Å². The number of nitro benzene ring substituents is 1. The quantitative estimate of drug-likeness (QED) is 0.509. The standard InChI is InChI=1S/C20H23N5O4/c1-5-24(6-2)16-12-18-17(22(3)20(27)23(18)4)11-15(16)21-19(26)13-8-7-9-14(10-13)25(28)29/h7-12H,5-6H2,1-4H3,(H,21,26). The Morgan fingerprint density at radius 2 is 1.72 bits per heavy atom. The van der Waals surface area contributed by atoms with Crippen LogP contribution in [0.5, 0.6) is 0 Å². The van der Waals surface area contributed by atoms with Gasteiger partial charge in [0.15, 0.2) is 0 Å². The fraction of sp³-hybridized carbons (Fsp3) is 0.300. The zero-order valence-electron chi connectivity index (χ0n) is 16.8. The van der Waals surface area contributed by atoms with Gasteiger partial charge in [-0.3, -0.25) is 24.0 Å². The second-order valence-electron chi connectivity index (χ2n) is 6.69. The Hall–Kier alpha value is -3.62. The third-order valence-electron chi connectivity index (χ3n) is 5.06. The number of aryl methyl sites for hydroxylation is 2. The summed E-state index contributed by atoms with van der Waals surface area (Å²) in [6.07, 6.45) is 0. The van der Waals surface area contributed by atoms with Crippen molar-refractivity contribution in [2.75, 3.05) is 23.3 Å². The molecule has 1 aromatic heterocycles. The summed E-state index contributed by atoms with van der Waals surface area (Å²) < 4.78 is 3.08. The lowest BCUT2D eigenvalue weighted by molar-refractivity contribution is -0.384. The maximum absolute atomic E-state index is 12.8. The SMILES string of the molecule is CCN(CC)c1cc2c(cc1NC(=O)c1cccc([N+](=O)[O-])c1)n(C)c(=O)n2C. The van der Waals surface area contributed by atoms with E-state index in [1.165, 1.54) is 28.8 Å². The summed E-state index contributed by atoms with van der Waals surface area (Å²) in [5.74, 6) is -0.456. The number of aromatic nitrogens is 2. The molecule has 1 N–H and O–H groups in total. The van der Waals surface area contributed by atoms with Gasteiger partial charge in [-0.2, -0.15) is 0 Å². The number of nitrogens with zero attached hydrogens (tertiary/aromatic N) is 4. The van der Waals surface area contributed by atoms with Crippen LogP contribution < -0.4 is 15.9 Å². The number of fused-ring (bicyclic) bond motifs is 1. The molecule has 0 aliphatic carbocycles. The van der Waals surface area contributed by atoms with Crippen LogP contribution in [0.2, 0.25) is 0 Å². The highest BCUT2D eigenvalue weighted by Crippen LogP contribution is 2.31. The molecule has 3 aromatic rings. The first kappa shape index (κ1) is 20.1. The number of carbonyl (C=O) groups is 1. The molecule has 0 saturated heterocycles. The molecule has 0 aliphatic rings. The van der Waals surface area contributed by atoms with Gasteiger partial charge in [0.05, 0.1) is 27.3 Å². The number of non-ortho nitro benzene ring substituents is 1. The van der Waals surface area contributed by atoms with Gasteiger partial charge >= 0.3 is 5.69 Å². The number of hydrogen-bond acceptors (Lipinski definition) is 5.